The zero-order chi connectivity index (χ0) is 19.2. The molecule has 1 amide bonds. The Balaban J connectivity index is 1.67. The Morgan fingerprint density at radius 1 is 0.889 bits per heavy atom. The van der Waals surface area contributed by atoms with Crippen LogP contribution in [0.2, 0.25) is 0 Å². The molecule has 0 heterocycles. The number of nitrogens with one attached hydrogen (secondary N) is 1. The Bertz CT molecular complexity index is 939. The Hall–Kier alpha value is -2.92. The second-order valence-corrected chi connectivity index (χ2v) is 6.89. The van der Waals surface area contributed by atoms with Crippen molar-refractivity contribution in [3.63, 3.8) is 0 Å². The Labute approximate surface area is 166 Å². The number of halogens is 1. The Morgan fingerprint density at radius 3 is 2.30 bits per heavy atom. The van der Waals surface area contributed by atoms with Crippen LogP contribution in [0.1, 0.15) is 27.6 Å². The van der Waals surface area contributed by atoms with Gasteiger partial charge in [-0.15, -0.1) is 0 Å². The molecule has 3 aromatic carbocycles. The number of hydrogen-bond donors (Lipinski definition) is 1. The Kier molecular flexibility index (Phi) is 6.04. The number of carbonyl (C=O) groups excluding carboxylic acids is 2. The van der Waals surface area contributed by atoms with Crippen molar-refractivity contribution >= 4 is 33.3 Å². The third-order valence-electron chi connectivity index (χ3n) is 3.94. The smallest absolute Gasteiger partial charge is 0.255 e. The molecule has 0 aliphatic heterocycles. The van der Waals surface area contributed by atoms with Gasteiger partial charge >= 0.3 is 0 Å². The first kappa shape index (κ1) is 18.9. The number of ketones is 1. The molecule has 0 saturated carbocycles. The molecular weight excluding hydrogens is 406 g/mol. The van der Waals surface area contributed by atoms with Crippen LogP contribution in [0.5, 0.6) is 5.75 Å². The van der Waals surface area contributed by atoms with Gasteiger partial charge in [-0.25, -0.2) is 0 Å². The number of benzene rings is 3. The minimum absolute atomic E-state index is 0.0973. The van der Waals surface area contributed by atoms with E-state index in [0.717, 1.165) is 4.47 Å². The molecule has 0 saturated heterocycles. The first-order chi connectivity index (χ1) is 13.0. The van der Waals surface area contributed by atoms with Crippen molar-refractivity contribution < 1.29 is 14.3 Å². The summed E-state index contributed by atoms with van der Waals surface area (Å²) in [5.41, 5.74) is 1.75. The topological polar surface area (TPSA) is 55.4 Å². The van der Waals surface area contributed by atoms with Crippen molar-refractivity contribution in [2.75, 3.05) is 5.32 Å². The van der Waals surface area contributed by atoms with Gasteiger partial charge in [0.05, 0.1) is 0 Å². The standard InChI is InChI=1S/C22H18BrNO3/c1-15(21(25)16-6-3-2-4-7-16)27-20-9-5-8-19(14-20)24-22(26)17-10-12-18(23)13-11-17/h2-15H,1H3,(H,24,26)/t15-/m1/s1. The normalized spacial score (nSPS) is 11.5. The van der Waals surface area contributed by atoms with Gasteiger partial charge in [-0.05, 0) is 43.3 Å². The van der Waals surface area contributed by atoms with Crippen LogP contribution in [-0.2, 0) is 0 Å². The molecule has 0 aliphatic carbocycles. The van der Waals surface area contributed by atoms with Crippen LogP contribution in [-0.4, -0.2) is 17.8 Å². The average Bonchev–Trinajstić information content (AvgIpc) is 2.68. The predicted octanol–water partition coefficient (Wildman–Crippen LogP) is 5.35. The summed E-state index contributed by atoms with van der Waals surface area (Å²) in [6, 6.07) is 23.1. The minimum Gasteiger partial charge on any atom is -0.482 e. The van der Waals surface area contributed by atoms with E-state index in [-0.39, 0.29) is 11.7 Å². The lowest BCUT2D eigenvalue weighted by molar-refractivity contribution is 0.0818. The van der Waals surface area contributed by atoms with Crippen molar-refractivity contribution in [2.24, 2.45) is 0 Å². The molecule has 1 N–H and O–H groups in total. The number of hydrogen-bond acceptors (Lipinski definition) is 3. The number of Topliss-reactive ketones (excluding diaryl/α,β-unsaturated/α-hetero) is 1. The maximum atomic E-state index is 12.4. The van der Waals surface area contributed by atoms with Gasteiger partial charge in [-0.1, -0.05) is 52.3 Å². The van der Waals surface area contributed by atoms with E-state index in [1.165, 1.54) is 0 Å². The number of anilines is 1. The van der Waals surface area contributed by atoms with Crippen molar-refractivity contribution in [1.82, 2.24) is 0 Å². The van der Waals surface area contributed by atoms with Gasteiger partial charge in [0.1, 0.15) is 5.75 Å². The van der Waals surface area contributed by atoms with Crippen LogP contribution in [0.4, 0.5) is 5.69 Å². The van der Waals surface area contributed by atoms with E-state index >= 15 is 0 Å². The highest BCUT2D eigenvalue weighted by molar-refractivity contribution is 9.10. The van der Waals surface area contributed by atoms with Crippen LogP contribution in [0.25, 0.3) is 0 Å². The highest BCUT2D eigenvalue weighted by Crippen LogP contribution is 2.21. The molecule has 27 heavy (non-hydrogen) atoms. The van der Waals surface area contributed by atoms with E-state index in [1.54, 1.807) is 55.5 Å². The summed E-state index contributed by atoms with van der Waals surface area (Å²) in [5.74, 6) is 0.202. The summed E-state index contributed by atoms with van der Waals surface area (Å²) >= 11 is 3.35. The van der Waals surface area contributed by atoms with Crippen molar-refractivity contribution in [3.05, 3.63) is 94.5 Å². The minimum atomic E-state index is -0.634. The maximum absolute atomic E-state index is 12.4. The molecule has 0 fully saturated rings. The zero-order valence-corrected chi connectivity index (χ0v) is 16.3. The molecule has 0 spiro atoms. The summed E-state index contributed by atoms with van der Waals surface area (Å²) in [7, 11) is 0. The summed E-state index contributed by atoms with van der Waals surface area (Å²) in [4.78, 5) is 24.8. The Morgan fingerprint density at radius 2 is 1.59 bits per heavy atom. The fraction of sp³-hybridized carbons (Fsp3) is 0.0909. The molecule has 0 unspecified atom stereocenters. The van der Waals surface area contributed by atoms with E-state index < -0.39 is 6.10 Å². The molecule has 136 valence electrons. The number of rotatable bonds is 6. The molecule has 5 heteroatoms. The highest BCUT2D eigenvalue weighted by atomic mass is 79.9. The van der Waals surface area contributed by atoms with E-state index in [1.807, 2.05) is 30.3 Å². The molecule has 0 aromatic heterocycles. The quantitative estimate of drug-likeness (QED) is 0.543. The number of amides is 1. The van der Waals surface area contributed by atoms with Crippen molar-refractivity contribution in [2.45, 2.75) is 13.0 Å². The van der Waals surface area contributed by atoms with Crippen LogP contribution in [0.15, 0.2) is 83.3 Å². The van der Waals surface area contributed by atoms with Crippen LogP contribution in [0.3, 0.4) is 0 Å². The lowest BCUT2D eigenvalue weighted by Gasteiger charge is -2.15. The number of ether oxygens (including phenoxy) is 1. The van der Waals surface area contributed by atoms with Crippen molar-refractivity contribution in [3.8, 4) is 5.75 Å². The maximum Gasteiger partial charge on any atom is 0.255 e. The van der Waals surface area contributed by atoms with Gasteiger partial charge in [0.2, 0.25) is 5.78 Å². The lowest BCUT2D eigenvalue weighted by atomic mass is 10.1. The molecule has 1 atom stereocenters. The summed E-state index contributed by atoms with van der Waals surface area (Å²) in [6.45, 7) is 1.71. The van der Waals surface area contributed by atoms with Crippen LogP contribution in [0, 0.1) is 0 Å². The lowest BCUT2D eigenvalue weighted by Crippen LogP contribution is -2.23. The molecule has 0 radical (unpaired) electrons. The fourth-order valence-electron chi connectivity index (χ4n) is 2.55. The first-order valence-corrected chi connectivity index (χ1v) is 9.25. The summed E-state index contributed by atoms with van der Waals surface area (Å²) < 4.78 is 6.68. The van der Waals surface area contributed by atoms with Crippen LogP contribution >= 0.6 is 15.9 Å². The predicted molar refractivity (Wildman–Crippen MR) is 109 cm³/mol. The second-order valence-electron chi connectivity index (χ2n) is 5.98. The summed E-state index contributed by atoms with van der Waals surface area (Å²) in [6.07, 6.45) is -0.634. The highest BCUT2D eigenvalue weighted by Gasteiger charge is 2.17. The molecule has 3 rings (SSSR count). The summed E-state index contributed by atoms with van der Waals surface area (Å²) in [5, 5.41) is 2.83. The van der Waals surface area contributed by atoms with Crippen molar-refractivity contribution in [1.29, 1.82) is 0 Å². The molecule has 4 nitrogen and oxygen atoms in total. The third-order valence-corrected chi connectivity index (χ3v) is 4.47. The average molecular weight is 424 g/mol. The third kappa shape index (κ3) is 5.05. The number of carbonyl (C=O) groups is 2. The van der Waals surface area contributed by atoms with E-state index in [9.17, 15) is 9.59 Å². The molecule has 0 bridgehead atoms. The second kappa shape index (κ2) is 8.64. The first-order valence-electron chi connectivity index (χ1n) is 8.46. The van der Waals surface area contributed by atoms with Gasteiger partial charge in [0.25, 0.3) is 5.91 Å². The molecule has 3 aromatic rings. The van der Waals surface area contributed by atoms with Gasteiger partial charge in [-0.2, -0.15) is 0 Å². The monoisotopic (exact) mass is 423 g/mol. The van der Waals surface area contributed by atoms with E-state index in [4.69, 9.17) is 4.74 Å². The molecule has 0 aliphatic rings. The van der Waals surface area contributed by atoms with Gasteiger partial charge in [-0.3, -0.25) is 9.59 Å². The van der Waals surface area contributed by atoms with E-state index in [0.29, 0.717) is 22.6 Å². The van der Waals surface area contributed by atoms with Gasteiger partial charge in [0, 0.05) is 27.4 Å². The largest absolute Gasteiger partial charge is 0.482 e. The zero-order valence-electron chi connectivity index (χ0n) is 14.7. The van der Waals surface area contributed by atoms with E-state index in [2.05, 4.69) is 21.2 Å². The fourth-order valence-corrected chi connectivity index (χ4v) is 2.81. The van der Waals surface area contributed by atoms with Gasteiger partial charge in [0.15, 0.2) is 6.10 Å². The SMILES string of the molecule is C[C@@H](Oc1cccc(NC(=O)c2ccc(Br)cc2)c1)C(=O)c1ccccc1. The van der Waals surface area contributed by atoms with Gasteiger partial charge < -0.3 is 10.1 Å². The van der Waals surface area contributed by atoms with Crippen LogP contribution < -0.4 is 10.1 Å². The molecular formula is C22H18BrNO3.